The quantitative estimate of drug-likeness (QED) is 0.259. The number of para-hydroxylation sites is 1. The van der Waals surface area contributed by atoms with E-state index in [1.807, 2.05) is 67.6 Å². The monoisotopic (exact) mass is 469 g/mol. The predicted molar refractivity (Wildman–Crippen MR) is 132 cm³/mol. The molecule has 3 aromatic carbocycles. The summed E-state index contributed by atoms with van der Waals surface area (Å²) in [5.74, 6) is 2.99. The molecule has 0 amide bonds. The smallest absolute Gasteiger partial charge is 0.237 e. The van der Waals surface area contributed by atoms with Crippen molar-refractivity contribution < 1.29 is 9.26 Å². The fourth-order valence-corrected chi connectivity index (χ4v) is 4.41. The van der Waals surface area contributed by atoms with Crippen LogP contribution in [0.4, 0.5) is 0 Å². The molecular formula is C26H23N5O2S. The van der Waals surface area contributed by atoms with Gasteiger partial charge in [0.05, 0.1) is 17.9 Å². The minimum atomic E-state index is 0.461. The Morgan fingerprint density at radius 2 is 1.76 bits per heavy atom. The molecule has 0 radical (unpaired) electrons. The Morgan fingerprint density at radius 3 is 2.59 bits per heavy atom. The highest BCUT2D eigenvalue weighted by atomic mass is 32.2. The maximum atomic E-state index is 5.70. The van der Waals surface area contributed by atoms with E-state index in [2.05, 4.69) is 50.0 Å². The number of aromatic nitrogens is 5. The average molecular weight is 470 g/mol. The van der Waals surface area contributed by atoms with Crippen LogP contribution in [0.15, 0.2) is 88.5 Å². The van der Waals surface area contributed by atoms with Crippen molar-refractivity contribution >= 4 is 11.8 Å². The maximum absolute atomic E-state index is 5.70. The minimum absolute atomic E-state index is 0.461. The summed E-state index contributed by atoms with van der Waals surface area (Å²) in [5.41, 5.74) is 3.97. The standard InChI is InChI=1S/C26H23N5O2S/c1-3-32-22-15-8-7-14-21(22)24-27-23(33-30-24)17-34-26-29-28-25(19-11-5-4-6-12-19)31(26)20-13-9-10-18(2)16-20/h4-16H,3,17H2,1-2H3. The number of hydrogen-bond acceptors (Lipinski definition) is 7. The van der Waals surface area contributed by atoms with E-state index in [0.717, 1.165) is 39.1 Å². The van der Waals surface area contributed by atoms with Crippen LogP contribution in [0, 0.1) is 6.92 Å². The number of aryl methyl sites for hydroxylation is 1. The zero-order valence-electron chi connectivity index (χ0n) is 18.9. The van der Waals surface area contributed by atoms with Crippen molar-refractivity contribution in [1.82, 2.24) is 24.9 Å². The van der Waals surface area contributed by atoms with Crippen molar-refractivity contribution in [2.45, 2.75) is 24.8 Å². The SMILES string of the molecule is CCOc1ccccc1-c1noc(CSc2nnc(-c3ccccc3)n2-c2cccc(C)c2)n1. The highest BCUT2D eigenvalue weighted by Gasteiger charge is 2.18. The lowest BCUT2D eigenvalue weighted by Gasteiger charge is -2.10. The van der Waals surface area contributed by atoms with Gasteiger partial charge < -0.3 is 9.26 Å². The van der Waals surface area contributed by atoms with Gasteiger partial charge in [-0.05, 0) is 43.7 Å². The van der Waals surface area contributed by atoms with Crippen LogP contribution in [0.2, 0.25) is 0 Å². The molecule has 0 fully saturated rings. The molecule has 5 aromatic rings. The Kier molecular flexibility index (Phi) is 6.40. The molecule has 0 aliphatic rings. The molecule has 0 saturated heterocycles. The summed E-state index contributed by atoms with van der Waals surface area (Å²) < 4.78 is 13.3. The molecular weight excluding hydrogens is 446 g/mol. The summed E-state index contributed by atoms with van der Waals surface area (Å²) in [6.07, 6.45) is 0. The third-order valence-corrected chi connectivity index (χ3v) is 6.06. The van der Waals surface area contributed by atoms with E-state index in [1.165, 1.54) is 11.8 Å². The normalized spacial score (nSPS) is 11.0. The Balaban J connectivity index is 1.44. The van der Waals surface area contributed by atoms with Gasteiger partial charge in [-0.25, -0.2) is 0 Å². The lowest BCUT2D eigenvalue weighted by molar-refractivity contribution is 0.341. The summed E-state index contributed by atoms with van der Waals surface area (Å²) in [6.45, 7) is 4.59. The van der Waals surface area contributed by atoms with Gasteiger partial charge in [-0.1, -0.05) is 71.5 Å². The average Bonchev–Trinajstić information content (AvgIpc) is 3.51. The van der Waals surface area contributed by atoms with Crippen molar-refractivity contribution in [3.63, 3.8) is 0 Å². The maximum Gasteiger partial charge on any atom is 0.237 e. The first-order valence-electron chi connectivity index (χ1n) is 11.0. The van der Waals surface area contributed by atoms with Gasteiger partial charge in [-0.3, -0.25) is 4.57 Å². The van der Waals surface area contributed by atoms with E-state index >= 15 is 0 Å². The first-order chi connectivity index (χ1) is 16.7. The van der Waals surface area contributed by atoms with Gasteiger partial charge in [0, 0.05) is 11.3 Å². The zero-order valence-corrected chi connectivity index (χ0v) is 19.7. The topological polar surface area (TPSA) is 78.9 Å². The van der Waals surface area contributed by atoms with E-state index < -0.39 is 0 Å². The molecule has 0 bridgehead atoms. The van der Waals surface area contributed by atoms with E-state index in [9.17, 15) is 0 Å². The van der Waals surface area contributed by atoms with Crippen molar-refractivity contribution in [2.24, 2.45) is 0 Å². The van der Waals surface area contributed by atoms with Gasteiger partial charge in [-0.2, -0.15) is 4.98 Å². The van der Waals surface area contributed by atoms with Crippen LogP contribution in [0.5, 0.6) is 5.75 Å². The number of rotatable bonds is 8. The summed E-state index contributed by atoms with van der Waals surface area (Å²) >= 11 is 1.50. The summed E-state index contributed by atoms with van der Waals surface area (Å²) in [5, 5.41) is 13.9. The van der Waals surface area contributed by atoms with Crippen LogP contribution in [0.25, 0.3) is 28.5 Å². The van der Waals surface area contributed by atoms with Crippen molar-refractivity contribution in [1.29, 1.82) is 0 Å². The van der Waals surface area contributed by atoms with Crippen LogP contribution < -0.4 is 4.74 Å². The van der Waals surface area contributed by atoms with Gasteiger partial charge >= 0.3 is 0 Å². The van der Waals surface area contributed by atoms with Crippen molar-refractivity contribution in [3.05, 3.63) is 90.3 Å². The molecule has 2 aromatic heterocycles. The molecule has 5 rings (SSSR count). The number of nitrogens with zero attached hydrogens (tertiary/aromatic N) is 5. The van der Waals surface area contributed by atoms with Crippen LogP contribution >= 0.6 is 11.8 Å². The molecule has 34 heavy (non-hydrogen) atoms. The lowest BCUT2D eigenvalue weighted by atomic mass is 10.2. The van der Waals surface area contributed by atoms with Gasteiger partial charge in [0.2, 0.25) is 11.7 Å². The van der Waals surface area contributed by atoms with Crippen LogP contribution in [-0.4, -0.2) is 31.5 Å². The predicted octanol–water partition coefficient (Wildman–Crippen LogP) is 5.98. The number of benzene rings is 3. The van der Waals surface area contributed by atoms with Crippen molar-refractivity contribution in [2.75, 3.05) is 6.61 Å². The second kappa shape index (κ2) is 9.93. The van der Waals surface area contributed by atoms with E-state index in [-0.39, 0.29) is 0 Å². The van der Waals surface area contributed by atoms with Gasteiger partial charge in [-0.15, -0.1) is 10.2 Å². The number of hydrogen-bond donors (Lipinski definition) is 0. The van der Waals surface area contributed by atoms with E-state index in [1.54, 1.807) is 0 Å². The van der Waals surface area contributed by atoms with E-state index in [0.29, 0.717) is 24.1 Å². The third-order valence-electron chi connectivity index (χ3n) is 5.15. The molecule has 0 unspecified atom stereocenters. The molecule has 170 valence electrons. The fourth-order valence-electron chi connectivity index (χ4n) is 3.62. The van der Waals surface area contributed by atoms with Gasteiger partial charge in [0.15, 0.2) is 11.0 Å². The molecule has 0 atom stereocenters. The number of thioether (sulfide) groups is 1. The Labute approximate surface area is 201 Å². The van der Waals surface area contributed by atoms with Crippen LogP contribution in [0.3, 0.4) is 0 Å². The van der Waals surface area contributed by atoms with Gasteiger partial charge in [0.1, 0.15) is 5.75 Å². The van der Waals surface area contributed by atoms with Crippen LogP contribution in [0.1, 0.15) is 18.4 Å². The molecule has 7 nitrogen and oxygen atoms in total. The summed E-state index contributed by atoms with van der Waals surface area (Å²) in [7, 11) is 0. The first-order valence-corrected chi connectivity index (χ1v) is 12.0. The molecule has 0 aliphatic heterocycles. The van der Waals surface area contributed by atoms with Gasteiger partial charge in [0.25, 0.3) is 0 Å². The van der Waals surface area contributed by atoms with E-state index in [4.69, 9.17) is 9.26 Å². The molecule has 0 N–H and O–H groups in total. The summed E-state index contributed by atoms with van der Waals surface area (Å²) in [6, 6.07) is 26.0. The molecule has 0 saturated carbocycles. The third kappa shape index (κ3) is 4.58. The Morgan fingerprint density at radius 1 is 0.941 bits per heavy atom. The Hall–Kier alpha value is -3.91. The highest BCUT2D eigenvalue weighted by Crippen LogP contribution is 2.31. The molecule has 2 heterocycles. The highest BCUT2D eigenvalue weighted by molar-refractivity contribution is 7.98. The lowest BCUT2D eigenvalue weighted by Crippen LogP contribution is -2.00. The molecule has 8 heteroatoms. The van der Waals surface area contributed by atoms with Crippen molar-refractivity contribution in [3.8, 4) is 34.2 Å². The second-order valence-corrected chi connectivity index (χ2v) is 8.52. The largest absolute Gasteiger partial charge is 0.493 e. The van der Waals surface area contributed by atoms with Crippen LogP contribution in [-0.2, 0) is 5.75 Å². The number of ether oxygens (including phenoxy) is 1. The molecule has 0 aliphatic carbocycles. The fraction of sp³-hybridized carbons (Fsp3) is 0.154. The second-order valence-electron chi connectivity index (χ2n) is 7.58. The summed E-state index contributed by atoms with van der Waals surface area (Å²) in [4.78, 5) is 4.58. The zero-order chi connectivity index (χ0) is 23.3. The Bertz CT molecular complexity index is 1400. The minimum Gasteiger partial charge on any atom is -0.493 e. The molecule has 0 spiro atoms. The first kappa shape index (κ1) is 21.9.